The summed E-state index contributed by atoms with van der Waals surface area (Å²) in [6.45, 7) is 0. The summed E-state index contributed by atoms with van der Waals surface area (Å²) in [5, 5.41) is 7.35. The molecule has 61 heavy (non-hydrogen) atoms. The van der Waals surface area contributed by atoms with Gasteiger partial charge in [-0.1, -0.05) is 140 Å². The quantitative estimate of drug-likeness (QED) is 0.160. The highest BCUT2D eigenvalue weighted by Crippen LogP contribution is 2.42. The highest BCUT2D eigenvalue weighted by atomic mass is 32.1. The molecule has 2 heterocycles. The first kappa shape index (κ1) is 35.2. The second kappa shape index (κ2) is 14.5. The van der Waals surface area contributed by atoms with Gasteiger partial charge in [-0.2, -0.15) is 0 Å². The molecule has 0 radical (unpaired) electrons. The first-order valence-electron chi connectivity index (χ1n) is 20.7. The number of hydrogen-bond donors (Lipinski definition) is 0. The lowest BCUT2D eigenvalue weighted by molar-refractivity contribution is 0.669. The Morgan fingerprint density at radius 3 is 1.51 bits per heavy atom. The normalized spacial score (nSPS) is 11.6. The van der Waals surface area contributed by atoms with Crippen molar-refractivity contribution in [3.8, 4) is 44.5 Å². The number of hydrogen-bond acceptors (Lipinski definition) is 3. The SMILES string of the molecule is c1cc(-c2ccc(N(c3ccc(-c4ccc5oc6ccccc6c5c4)cc3)c3ccc4sc5ccccc5c4c3)cc2)cc(-c2cccc(-c3ccc4ccccc4c3)c2)c1. The molecule has 0 fully saturated rings. The van der Waals surface area contributed by atoms with Crippen molar-refractivity contribution in [1.82, 2.24) is 0 Å². The van der Waals surface area contributed by atoms with Crippen molar-refractivity contribution in [2.45, 2.75) is 0 Å². The fourth-order valence-corrected chi connectivity index (χ4v) is 10.0. The Bertz CT molecular complexity index is 3590. The van der Waals surface area contributed by atoms with Crippen LogP contribution < -0.4 is 4.90 Å². The van der Waals surface area contributed by atoms with Crippen LogP contribution in [0.5, 0.6) is 0 Å². The summed E-state index contributed by atoms with van der Waals surface area (Å²) in [7, 11) is 0. The van der Waals surface area contributed by atoms with Crippen LogP contribution in [0.2, 0.25) is 0 Å². The lowest BCUT2D eigenvalue weighted by atomic mass is 9.95. The summed E-state index contributed by atoms with van der Waals surface area (Å²) in [6, 6.07) is 81.4. The molecule has 12 rings (SSSR count). The number of fused-ring (bicyclic) bond motifs is 7. The molecule has 0 aliphatic rings. The van der Waals surface area contributed by atoms with Gasteiger partial charge in [0.05, 0.1) is 0 Å². The van der Waals surface area contributed by atoms with Gasteiger partial charge in [0.15, 0.2) is 0 Å². The Balaban J connectivity index is 0.898. The smallest absolute Gasteiger partial charge is 0.135 e. The van der Waals surface area contributed by atoms with Crippen molar-refractivity contribution in [2.75, 3.05) is 4.90 Å². The van der Waals surface area contributed by atoms with Crippen molar-refractivity contribution in [3.05, 3.63) is 224 Å². The molecule has 0 saturated heterocycles. The minimum absolute atomic E-state index is 0.908. The first-order valence-corrected chi connectivity index (χ1v) is 21.5. The molecular formula is C58H37NOS. The predicted octanol–water partition coefficient (Wildman–Crippen LogP) is 17.2. The number of para-hydroxylation sites is 1. The van der Waals surface area contributed by atoms with E-state index in [4.69, 9.17) is 4.42 Å². The van der Waals surface area contributed by atoms with Crippen LogP contribution in [-0.4, -0.2) is 0 Å². The van der Waals surface area contributed by atoms with Gasteiger partial charge in [0.2, 0.25) is 0 Å². The molecule has 0 aliphatic heterocycles. The molecule has 0 atom stereocenters. The lowest BCUT2D eigenvalue weighted by Gasteiger charge is -2.26. The molecule has 0 amide bonds. The monoisotopic (exact) mass is 795 g/mol. The van der Waals surface area contributed by atoms with Gasteiger partial charge in [-0.05, 0) is 140 Å². The first-order chi connectivity index (χ1) is 30.2. The van der Waals surface area contributed by atoms with E-state index in [0.717, 1.165) is 50.1 Å². The third-order valence-electron chi connectivity index (χ3n) is 12.1. The second-order valence-corrected chi connectivity index (χ2v) is 16.8. The topological polar surface area (TPSA) is 16.4 Å². The average Bonchev–Trinajstić information content (AvgIpc) is 3.90. The highest BCUT2D eigenvalue weighted by molar-refractivity contribution is 7.25. The third-order valence-corrected chi connectivity index (χ3v) is 13.2. The maximum absolute atomic E-state index is 6.13. The van der Waals surface area contributed by atoms with E-state index in [1.54, 1.807) is 0 Å². The zero-order valence-corrected chi connectivity index (χ0v) is 33.9. The summed E-state index contributed by atoms with van der Waals surface area (Å²) in [5.74, 6) is 0. The van der Waals surface area contributed by atoms with Crippen molar-refractivity contribution in [1.29, 1.82) is 0 Å². The van der Waals surface area contributed by atoms with Gasteiger partial charge in [-0.25, -0.2) is 0 Å². The average molecular weight is 796 g/mol. The van der Waals surface area contributed by atoms with Gasteiger partial charge in [-0.15, -0.1) is 11.3 Å². The molecule has 0 spiro atoms. The number of furan rings is 1. The summed E-state index contributed by atoms with van der Waals surface area (Å²) >= 11 is 1.85. The van der Waals surface area contributed by atoms with E-state index < -0.39 is 0 Å². The summed E-state index contributed by atoms with van der Waals surface area (Å²) in [5.41, 5.74) is 14.7. The van der Waals surface area contributed by atoms with Gasteiger partial charge in [0, 0.05) is 48.0 Å². The molecule has 0 aliphatic carbocycles. The lowest BCUT2D eigenvalue weighted by Crippen LogP contribution is -2.09. The fraction of sp³-hybridized carbons (Fsp3) is 0. The molecule has 0 N–H and O–H groups in total. The minimum atomic E-state index is 0.908. The van der Waals surface area contributed by atoms with E-state index in [2.05, 4.69) is 217 Å². The second-order valence-electron chi connectivity index (χ2n) is 15.7. The van der Waals surface area contributed by atoms with E-state index >= 15 is 0 Å². The molecule has 0 saturated carbocycles. The van der Waals surface area contributed by atoms with Crippen LogP contribution in [0.4, 0.5) is 17.1 Å². The molecule has 0 unspecified atom stereocenters. The van der Waals surface area contributed by atoms with Gasteiger partial charge in [0.1, 0.15) is 11.2 Å². The zero-order valence-electron chi connectivity index (χ0n) is 33.1. The molecule has 12 aromatic rings. The Labute approximate surface area is 357 Å². The van der Waals surface area contributed by atoms with Crippen molar-refractivity contribution >= 4 is 81.3 Å². The third kappa shape index (κ3) is 6.35. The maximum atomic E-state index is 6.13. The van der Waals surface area contributed by atoms with Gasteiger partial charge in [-0.3, -0.25) is 0 Å². The summed E-state index contributed by atoms with van der Waals surface area (Å²) in [4.78, 5) is 2.38. The van der Waals surface area contributed by atoms with Crippen LogP contribution in [0.25, 0.3) is 97.4 Å². The van der Waals surface area contributed by atoms with Crippen LogP contribution in [-0.2, 0) is 0 Å². The minimum Gasteiger partial charge on any atom is -0.456 e. The van der Waals surface area contributed by atoms with Crippen molar-refractivity contribution in [3.63, 3.8) is 0 Å². The Hall–Kier alpha value is -7.72. The number of anilines is 3. The number of rotatable bonds is 7. The van der Waals surface area contributed by atoms with Crippen LogP contribution in [0.15, 0.2) is 229 Å². The van der Waals surface area contributed by atoms with Crippen LogP contribution in [0.3, 0.4) is 0 Å². The van der Waals surface area contributed by atoms with Crippen molar-refractivity contribution in [2.24, 2.45) is 0 Å². The zero-order chi connectivity index (χ0) is 40.3. The van der Waals surface area contributed by atoms with Gasteiger partial charge in [0.25, 0.3) is 0 Å². The maximum Gasteiger partial charge on any atom is 0.135 e. The predicted molar refractivity (Wildman–Crippen MR) is 261 cm³/mol. The number of nitrogens with zero attached hydrogens (tertiary/aromatic N) is 1. The van der Waals surface area contributed by atoms with E-state index in [1.807, 2.05) is 23.5 Å². The molecule has 286 valence electrons. The number of thiophene rings is 1. The van der Waals surface area contributed by atoms with E-state index in [1.165, 1.54) is 64.3 Å². The summed E-state index contributed by atoms with van der Waals surface area (Å²) < 4.78 is 8.73. The number of benzene rings is 10. The van der Waals surface area contributed by atoms with E-state index in [-0.39, 0.29) is 0 Å². The summed E-state index contributed by atoms with van der Waals surface area (Å²) in [6.07, 6.45) is 0. The standard InChI is InChI=1S/C58H37NOS/c1-2-10-41-34-46(20-19-38(41)9-1)45-14-8-13-44(35-45)43-12-7-11-42(33-43)39-21-26-48(27-22-39)59(50-30-32-58-54(37-50)52-16-4-6-18-57(52)61-58)49-28-23-40(24-29-49)47-25-31-56-53(36-47)51-15-3-5-17-55(51)60-56/h1-37H. The molecule has 3 heteroatoms. The Morgan fingerprint density at radius 2 is 0.787 bits per heavy atom. The van der Waals surface area contributed by atoms with Gasteiger partial charge >= 0.3 is 0 Å². The van der Waals surface area contributed by atoms with Crippen LogP contribution >= 0.6 is 11.3 Å². The molecular weight excluding hydrogens is 759 g/mol. The van der Waals surface area contributed by atoms with Crippen LogP contribution in [0, 0.1) is 0 Å². The fourth-order valence-electron chi connectivity index (χ4n) is 8.94. The molecule has 10 aromatic carbocycles. The Morgan fingerprint density at radius 1 is 0.279 bits per heavy atom. The molecule has 0 bridgehead atoms. The van der Waals surface area contributed by atoms with E-state index in [9.17, 15) is 0 Å². The largest absolute Gasteiger partial charge is 0.456 e. The van der Waals surface area contributed by atoms with Crippen LogP contribution in [0.1, 0.15) is 0 Å². The molecule has 2 aromatic heterocycles. The van der Waals surface area contributed by atoms with Crippen molar-refractivity contribution < 1.29 is 4.42 Å². The van der Waals surface area contributed by atoms with Gasteiger partial charge < -0.3 is 9.32 Å². The van der Waals surface area contributed by atoms with E-state index in [0.29, 0.717) is 0 Å². The molecule has 2 nitrogen and oxygen atoms in total. The highest BCUT2D eigenvalue weighted by Gasteiger charge is 2.17. The Kier molecular flexibility index (Phi) is 8.39.